The van der Waals surface area contributed by atoms with Gasteiger partial charge in [-0.3, -0.25) is 19.4 Å². The van der Waals surface area contributed by atoms with E-state index in [0.717, 1.165) is 11.1 Å². The Morgan fingerprint density at radius 3 is 2.36 bits per heavy atom. The minimum atomic E-state index is -5.25. The number of benzene rings is 1. The van der Waals surface area contributed by atoms with Crippen molar-refractivity contribution in [3.63, 3.8) is 0 Å². The Morgan fingerprint density at radius 2 is 1.70 bits per heavy atom. The number of carbonyl (C=O) groups is 3. The summed E-state index contributed by atoms with van der Waals surface area (Å²) in [5, 5.41) is 8.93. The van der Waals surface area contributed by atoms with Crippen molar-refractivity contribution in [2.24, 2.45) is 11.8 Å². The molecule has 304 valence electrons. The molecule has 1 aromatic rings. The Morgan fingerprint density at radius 1 is 0.982 bits per heavy atom. The van der Waals surface area contributed by atoms with E-state index in [1.807, 2.05) is 54.5 Å². The van der Waals surface area contributed by atoms with Crippen LogP contribution in [0.25, 0.3) is 6.08 Å². The highest BCUT2D eigenvalue weighted by molar-refractivity contribution is 7.46. The van der Waals surface area contributed by atoms with Gasteiger partial charge in [0.05, 0.1) is 31.0 Å². The van der Waals surface area contributed by atoms with Crippen molar-refractivity contribution in [1.29, 1.82) is 0 Å². The van der Waals surface area contributed by atoms with Gasteiger partial charge in [-0.05, 0) is 93.2 Å². The predicted molar refractivity (Wildman–Crippen MR) is 206 cm³/mol. The van der Waals surface area contributed by atoms with E-state index in [1.54, 1.807) is 31.2 Å². The Bertz CT molecular complexity index is 2020. The van der Waals surface area contributed by atoms with Crippen molar-refractivity contribution in [3.05, 3.63) is 69.4 Å². The van der Waals surface area contributed by atoms with Gasteiger partial charge >= 0.3 is 13.8 Å². The van der Waals surface area contributed by atoms with Gasteiger partial charge in [0, 0.05) is 35.0 Å². The van der Waals surface area contributed by atoms with Gasteiger partial charge in [-0.25, -0.2) is 9.36 Å². The van der Waals surface area contributed by atoms with Gasteiger partial charge in [0.1, 0.15) is 29.3 Å². The fourth-order valence-electron chi connectivity index (χ4n) is 8.84. The topological polar surface area (TPSA) is 184 Å². The summed E-state index contributed by atoms with van der Waals surface area (Å²) in [6, 6.07) is 0. The first-order valence-corrected chi connectivity index (χ1v) is 20.6. The van der Waals surface area contributed by atoms with Crippen LogP contribution < -0.4 is 14.0 Å². The van der Waals surface area contributed by atoms with Crippen molar-refractivity contribution in [2.75, 3.05) is 26.4 Å². The fraction of sp³-hybridized carbons (Fsp3) is 0.548. The number of ketones is 2. The average Bonchev–Trinajstić information content (AvgIpc) is 3.26. The summed E-state index contributed by atoms with van der Waals surface area (Å²) in [5.41, 5.74) is -2.35. The summed E-state index contributed by atoms with van der Waals surface area (Å²) < 4.78 is 49.4. The Hall–Kier alpha value is -3.84. The van der Waals surface area contributed by atoms with Crippen molar-refractivity contribution >= 4 is 31.4 Å². The maximum absolute atomic E-state index is 15.2. The molecule has 13 nitrogen and oxygen atoms in total. The minimum absolute atomic E-state index is 0.000568. The van der Waals surface area contributed by atoms with Crippen LogP contribution in [0.5, 0.6) is 17.2 Å². The van der Waals surface area contributed by atoms with Crippen molar-refractivity contribution < 1.29 is 62.1 Å². The Balaban J connectivity index is 1.54. The number of allylic oxidation sites excluding steroid dienone is 5. The van der Waals surface area contributed by atoms with Crippen molar-refractivity contribution in [1.82, 2.24) is 0 Å². The molecule has 3 N–H and O–H groups in total. The molecule has 4 bridgehead atoms. The zero-order valence-corrected chi connectivity index (χ0v) is 34.2. The summed E-state index contributed by atoms with van der Waals surface area (Å²) >= 11 is 0. The number of rotatable bonds is 15. The summed E-state index contributed by atoms with van der Waals surface area (Å²) in [7, 11) is -5.25. The number of phosphoric ester groups is 1. The molecular weight excluding hydrogens is 743 g/mol. The van der Waals surface area contributed by atoms with Crippen LogP contribution in [0, 0.1) is 11.8 Å². The number of aliphatic hydroxyl groups is 1. The maximum atomic E-state index is 15.2. The van der Waals surface area contributed by atoms with E-state index in [1.165, 1.54) is 0 Å². The molecule has 1 spiro atoms. The zero-order valence-electron chi connectivity index (χ0n) is 33.4. The van der Waals surface area contributed by atoms with Crippen LogP contribution in [0.4, 0.5) is 0 Å². The van der Waals surface area contributed by atoms with Gasteiger partial charge in [0.15, 0.2) is 28.5 Å². The summed E-state index contributed by atoms with van der Waals surface area (Å²) in [4.78, 5) is 63.4. The van der Waals surface area contributed by atoms with Gasteiger partial charge in [-0.1, -0.05) is 35.5 Å². The first kappa shape index (κ1) is 41.8. The van der Waals surface area contributed by atoms with Crippen LogP contribution in [-0.2, 0) is 34.8 Å². The molecule has 14 heteroatoms. The van der Waals surface area contributed by atoms with Gasteiger partial charge in [0.25, 0.3) is 0 Å². The second-order valence-corrected chi connectivity index (χ2v) is 17.7. The molecule has 6 aliphatic rings. The number of fused-ring (bicyclic) bond motifs is 2. The van der Waals surface area contributed by atoms with E-state index in [9.17, 15) is 23.9 Å². The second kappa shape index (κ2) is 15.2. The summed E-state index contributed by atoms with van der Waals surface area (Å²) in [6.07, 6.45) is 12.4. The molecule has 0 radical (unpaired) electrons. The summed E-state index contributed by atoms with van der Waals surface area (Å²) in [5.74, 6) is -2.90. The minimum Gasteiger partial charge on any atom is -0.482 e. The van der Waals surface area contributed by atoms with E-state index in [4.69, 9.17) is 33.3 Å². The zero-order chi connectivity index (χ0) is 41.0. The predicted octanol–water partition coefficient (Wildman–Crippen LogP) is 6.47. The van der Waals surface area contributed by atoms with Crippen LogP contribution in [0.2, 0.25) is 0 Å². The number of Topliss-reactive ketones (excluding diaryl/α,β-unsaturated/α-hetero) is 2. The molecular formula is C42H53O13P. The SMILES string of the molecule is CC(C)=CCCC1(C)C=Cc2c(c(CC=C(C)C)c3c(c2OP(=O)(O)O)C(=O)C2=CC4CC5C(C)(C)OC(C/C=C(/C)C(=O)OCCOCCO)(C4=O)C25O3)O1. The number of carbonyl (C=O) groups excluding carboxylic acids is 3. The molecule has 56 heavy (non-hydrogen) atoms. The van der Waals surface area contributed by atoms with Crippen molar-refractivity contribution in [2.45, 2.75) is 110 Å². The molecule has 3 aliphatic heterocycles. The first-order chi connectivity index (χ1) is 26.2. The van der Waals surface area contributed by atoms with Crippen molar-refractivity contribution in [3.8, 4) is 17.2 Å². The van der Waals surface area contributed by atoms with Gasteiger partial charge in [0.2, 0.25) is 0 Å². The quantitative estimate of drug-likeness (QED) is 0.0577. The second-order valence-electron chi connectivity index (χ2n) is 16.5. The van der Waals surface area contributed by atoms with E-state index < -0.39 is 53.8 Å². The fourth-order valence-corrected chi connectivity index (χ4v) is 9.27. The number of esters is 1. The molecule has 3 aliphatic carbocycles. The lowest BCUT2D eigenvalue weighted by Gasteiger charge is -2.56. The van der Waals surface area contributed by atoms with E-state index in [-0.39, 0.29) is 84.6 Å². The first-order valence-electron chi connectivity index (χ1n) is 19.1. The molecule has 1 saturated carbocycles. The largest absolute Gasteiger partial charge is 0.524 e. The van der Waals surface area contributed by atoms with Crippen LogP contribution >= 0.6 is 7.82 Å². The smallest absolute Gasteiger partial charge is 0.482 e. The number of phosphoric acid groups is 1. The van der Waals surface area contributed by atoms with Crippen LogP contribution in [0.15, 0.2) is 52.7 Å². The molecule has 1 aromatic carbocycles. The Kier molecular flexibility index (Phi) is 11.3. The lowest BCUT2D eigenvalue weighted by Crippen LogP contribution is -2.72. The Labute approximate surface area is 327 Å². The molecule has 0 amide bonds. The number of aliphatic hydroxyl groups excluding tert-OH is 1. The molecule has 5 atom stereocenters. The van der Waals surface area contributed by atoms with E-state index >= 15 is 4.79 Å². The molecule has 2 fully saturated rings. The number of hydrogen-bond acceptors (Lipinski definition) is 11. The van der Waals surface area contributed by atoms with Crippen LogP contribution in [0.1, 0.15) is 103 Å². The third kappa shape index (κ3) is 7.27. The third-order valence-electron chi connectivity index (χ3n) is 11.4. The van der Waals surface area contributed by atoms with Gasteiger partial charge in [-0.15, -0.1) is 0 Å². The van der Waals surface area contributed by atoms with Crippen LogP contribution in [0.3, 0.4) is 0 Å². The third-order valence-corrected chi connectivity index (χ3v) is 11.8. The molecule has 7 rings (SSSR count). The number of hydrogen-bond donors (Lipinski definition) is 3. The average molecular weight is 797 g/mol. The standard InChI is InChI=1S/C42H53O13P/c1-24(2)10-9-15-40(8)16-14-29-34(52-40)28(12-11-25(3)4)35-32(36(29)54-56(47,48)49)33(44)30-22-27-23-31-39(6,7)55-41(37(27)45,42(30,31)53-35)17-13-26(5)38(46)51-21-20-50-19-18-43/h10-11,13-14,16,22,27,31,43H,9,12,15,17-21,23H2,1-8H3,(H2,47,48,49)/b26-13-. The van der Waals surface area contributed by atoms with Gasteiger partial charge < -0.3 is 33.3 Å². The maximum Gasteiger partial charge on any atom is 0.524 e. The van der Waals surface area contributed by atoms with Gasteiger partial charge in [-0.2, -0.15) is 0 Å². The lowest BCUT2D eigenvalue weighted by molar-refractivity contribution is -0.171. The number of ether oxygens (including phenoxy) is 5. The highest BCUT2D eigenvalue weighted by Gasteiger charge is 2.81. The molecule has 5 unspecified atom stereocenters. The summed E-state index contributed by atoms with van der Waals surface area (Å²) in [6.45, 7) is 15.0. The van der Waals surface area contributed by atoms with E-state index in [2.05, 4.69) is 6.08 Å². The molecule has 3 heterocycles. The highest BCUT2D eigenvalue weighted by Crippen LogP contribution is 2.69. The van der Waals surface area contributed by atoms with Crippen LogP contribution in [-0.4, -0.2) is 81.3 Å². The molecule has 1 saturated heterocycles. The van der Waals surface area contributed by atoms with E-state index in [0.29, 0.717) is 24.8 Å². The monoisotopic (exact) mass is 796 g/mol. The normalized spacial score (nSPS) is 28.0. The molecule has 0 aromatic heterocycles. The highest BCUT2D eigenvalue weighted by atomic mass is 31.2. The lowest BCUT2D eigenvalue weighted by atomic mass is 9.51.